The van der Waals surface area contributed by atoms with Crippen LogP contribution in [0.4, 0.5) is 9.18 Å². The molecule has 5 heteroatoms. The van der Waals surface area contributed by atoms with Gasteiger partial charge >= 0.3 is 6.09 Å². The van der Waals surface area contributed by atoms with Crippen LogP contribution in [0.5, 0.6) is 0 Å². The lowest BCUT2D eigenvalue weighted by atomic mass is 9.92. The van der Waals surface area contributed by atoms with Crippen LogP contribution in [0, 0.1) is 5.82 Å². The van der Waals surface area contributed by atoms with Gasteiger partial charge in [0.25, 0.3) is 0 Å². The van der Waals surface area contributed by atoms with Crippen molar-refractivity contribution < 1.29 is 18.7 Å². The molecule has 4 nitrogen and oxygen atoms in total. The molecule has 21 heavy (non-hydrogen) atoms. The molecule has 0 spiro atoms. The van der Waals surface area contributed by atoms with E-state index in [4.69, 9.17) is 9.47 Å². The minimum atomic E-state index is -0.505. The Morgan fingerprint density at radius 1 is 1.43 bits per heavy atom. The summed E-state index contributed by atoms with van der Waals surface area (Å²) in [6.07, 6.45) is 0.389. The quantitative estimate of drug-likeness (QED) is 0.796. The molecule has 1 fully saturated rings. The number of carbonyl (C=O) groups is 1. The molecule has 0 N–H and O–H groups in total. The molecule has 0 aromatic heterocycles. The smallest absolute Gasteiger partial charge is 0.410 e. The first kappa shape index (κ1) is 14.3. The van der Waals surface area contributed by atoms with Crippen LogP contribution < -0.4 is 0 Å². The highest BCUT2D eigenvalue weighted by molar-refractivity contribution is 5.69. The van der Waals surface area contributed by atoms with Crippen LogP contribution in [0.15, 0.2) is 18.2 Å². The number of fused-ring (bicyclic) bond motifs is 1. The lowest BCUT2D eigenvalue weighted by Gasteiger charge is -2.44. The predicted molar refractivity (Wildman–Crippen MR) is 75.3 cm³/mol. The first-order chi connectivity index (χ1) is 9.85. The normalized spacial score (nSPS) is 24.5. The van der Waals surface area contributed by atoms with Crippen molar-refractivity contribution in [3.8, 4) is 0 Å². The van der Waals surface area contributed by atoms with Crippen LogP contribution in [-0.4, -0.2) is 29.2 Å². The van der Waals surface area contributed by atoms with Crippen molar-refractivity contribution in [2.75, 3.05) is 6.54 Å². The Kier molecular flexibility index (Phi) is 3.40. The van der Waals surface area contributed by atoms with Gasteiger partial charge in [-0.2, -0.15) is 0 Å². The number of likely N-dealkylation sites (tertiary alicyclic amines) is 1. The highest BCUT2D eigenvalue weighted by Gasteiger charge is 2.43. The molecule has 1 aromatic rings. The van der Waals surface area contributed by atoms with Gasteiger partial charge in [0, 0.05) is 6.54 Å². The molecule has 0 saturated carbocycles. The van der Waals surface area contributed by atoms with E-state index in [0.717, 1.165) is 17.5 Å². The molecule has 3 rings (SSSR count). The second-order valence-electron chi connectivity index (χ2n) is 6.60. The fourth-order valence-corrected chi connectivity index (χ4v) is 2.83. The van der Waals surface area contributed by atoms with E-state index in [-0.39, 0.29) is 24.1 Å². The predicted octanol–water partition coefficient (Wildman–Crippen LogP) is 3.41. The summed E-state index contributed by atoms with van der Waals surface area (Å²) in [5, 5.41) is 0. The Morgan fingerprint density at radius 3 is 2.81 bits per heavy atom. The molecule has 1 amide bonds. The van der Waals surface area contributed by atoms with Crippen LogP contribution in [0.1, 0.15) is 44.4 Å². The third kappa shape index (κ3) is 2.75. The van der Waals surface area contributed by atoms with Gasteiger partial charge in [0.15, 0.2) is 0 Å². The number of halogens is 1. The lowest BCUT2D eigenvalue weighted by Crippen LogP contribution is -2.55. The highest BCUT2D eigenvalue weighted by atomic mass is 19.1. The summed E-state index contributed by atoms with van der Waals surface area (Å²) in [6, 6.07) is 4.68. The molecule has 114 valence electrons. The summed E-state index contributed by atoms with van der Waals surface area (Å²) in [4.78, 5) is 13.9. The van der Waals surface area contributed by atoms with Crippen molar-refractivity contribution in [3.63, 3.8) is 0 Å². The molecule has 0 aliphatic carbocycles. The lowest BCUT2D eigenvalue weighted by molar-refractivity contribution is -0.0613. The van der Waals surface area contributed by atoms with Crippen molar-refractivity contribution in [3.05, 3.63) is 35.1 Å². The number of hydrogen-bond donors (Lipinski definition) is 0. The van der Waals surface area contributed by atoms with Crippen molar-refractivity contribution in [2.45, 2.75) is 51.5 Å². The van der Waals surface area contributed by atoms with Gasteiger partial charge < -0.3 is 14.4 Å². The molecule has 2 heterocycles. The van der Waals surface area contributed by atoms with Crippen LogP contribution in [0.3, 0.4) is 0 Å². The Morgan fingerprint density at radius 2 is 2.19 bits per heavy atom. The summed E-state index contributed by atoms with van der Waals surface area (Å²) in [5.74, 6) is -0.254. The van der Waals surface area contributed by atoms with Crippen molar-refractivity contribution >= 4 is 6.09 Å². The van der Waals surface area contributed by atoms with E-state index in [1.807, 2.05) is 20.8 Å². The third-order valence-corrected chi connectivity index (χ3v) is 3.87. The zero-order chi connectivity index (χ0) is 15.2. The standard InChI is InChI=1S/C16H20FNO3/c1-16(2,3)21-15(19)18-7-6-13(18)14-12-5-4-11(17)8-10(12)9-20-14/h4-5,8,13-14H,6-7,9H2,1-3H3/t13-,14?/m0/s1. The van der Waals surface area contributed by atoms with Crippen molar-refractivity contribution in [2.24, 2.45) is 0 Å². The molecule has 1 aromatic carbocycles. The van der Waals surface area contributed by atoms with Gasteiger partial charge in [0.05, 0.1) is 12.6 Å². The van der Waals surface area contributed by atoms with Crippen molar-refractivity contribution in [1.29, 1.82) is 0 Å². The molecule has 1 unspecified atom stereocenters. The molecule has 1 saturated heterocycles. The first-order valence-corrected chi connectivity index (χ1v) is 7.25. The van der Waals surface area contributed by atoms with Gasteiger partial charge in [-0.05, 0) is 50.5 Å². The summed E-state index contributed by atoms with van der Waals surface area (Å²) in [5.41, 5.74) is 1.35. The SMILES string of the molecule is CC(C)(C)OC(=O)N1CC[C@H]1C1OCc2cc(F)ccc21. The van der Waals surface area contributed by atoms with Gasteiger partial charge in [-0.3, -0.25) is 0 Å². The van der Waals surface area contributed by atoms with Crippen molar-refractivity contribution in [1.82, 2.24) is 4.90 Å². The maximum atomic E-state index is 13.2. The van der Waals surface area contributed by atoms with Gasteiger partial charge in [0.2, 0.25) is 0 Å². The van der Waals surface area contributed by atoms with Gasteiger partial charge in [-0.1, -0.05) is 6.07 Å². The molecule has 0 bridgehead atoms. The minimum absolute atomic E-state index is 0.0217. The fourth-order valence-electron chi connectivity index (χ4n) is 2.83. The Bertz CT molecular complexity index is 567. The summed E-state index contributed by atoms with van der Waals surface area (Å²) >= 11 is 0. The van der Waals surface area contributed by atoms with E-state index >= 15 is 0 Å². The minimum Gasteiger partial charge on any atom is -0.444 e. The molecule has 2 atom stereocenters. The summed E-state index contributed by atoms with van der Waals surface area (Å²) < 4.78 is 24.4. The van der Waals surface area contributed by atoms with E-state index in [1.165, 1.54) is 12.1 Å². The number of rotatable bonds is 1. The maximum absolute atomic E-state index is 13.2. The topological polar surface area (TPSA) is 38.8 Å². The third-order valence-electron chi connectivity index (χ3n) is 3.87. The van der Waals surface area contributed by atoms with Crippen LogP contribution >= 0.6 is 0 Å². The summed E-state index contributed by atoms with van der Waals surface area (Å²) in [6.45, 7) is 6.63. The average molecular weight is 293 g/mol. The number of amides is 1. The van der Waals surface area contributed by atoms with Crippen LogP contribution in [0.2, 0.25) is 0 Å². The maximum Gasteiger partial charge on any atom is 0.410 e. The van der Waals surface area contributed by atoms with E-state index in [9.17, 15) is 9.18 Å². The molecule has 2 aliphatic heterocycles. The zero-order valence-corrected chi connectivity index (χ0v) is 12.6. The van der Waals surface area contributed by atoms with Gasteiger partial charge in [-0.25, -0.2) is 9.18 Å². The van der Waals surface area contributed by atoms with Gasteiger partial charge in [0.1, 0.15) is 17.5 Å². The Labute approximate surface area is 123 Å². The average Bonchev–Trinajstić information content (AvgIpc) is 2.68. The number of hydrogen-bond acceptors (Lipinski definition) is 3. The van der Waals surface area contributed by atoms with E-state index in [0.29, 0.717) is 13.2 Å². The molecule has 0 radical (unpaired) electrons. The van der Waals surface area contributed by atoms with Crippen LogP contribution in [0.25, 0.3) is 0 Å². The van der Waals surface area contributed by atoms with E-state index < -0.39 is 5.60 Å². The zero-order valence-electron chi connectivity index (χ0n) is 12.6. The monoisotopic (exact) mass is 293 g/mol. The highest BCUT2D eigenvalue weighted by Crippen LogP contribution is 2.40. The Balaban J connectivity index is 1.73. The largest absolute Gasteiger partial charge is 0.444 e. The number of ether oxygens (including phenoxy) is 2. The Hall–Kier alpha value is -1.62. The van der Waals surface area contributed by atoms with Crippen LogP contribution in [-0.2, 0) is 16.1 Å². The summed E-state index contributed by atoms with van der Waals surface area (Å²) in [7, 11) is 0. The van der Waals surface area contributed by atoms with E-state index in [2.05, 4.69) is 0 Å². The molecular formula is C16H20FNO3. The first-order valence-electron chi connectivity index (χ1n) is 7.25. The number of carbonyl (C=O) groups excluding carboxylic acids is 1. The number of benzene rings is 1. The second-order valence-corrected chi connectivity index (χ2v) is 6.60. The molecule has 2 aliphatic rings. The molecular weight excluding hydrogens is 273 g/mol. The van der Waals surface area contributed by atoms with E-state index in [1.54, 1.807) is 11.0 Å². The fraction of sp³-hybridized carbons (Fsp3) is 0.562. The number of nitrogens with zero attached hydrogens (tertiary/aromatic N) is 1. The second kappa shape index (κ2) is 4.98. The van der Waals surface area contributed by atoms with Gasteiger partial charge in [-0.15, -0.1) is 0 Å².